The molecule has 2 aromatic carbocycles. The van der Waals surface area contributed by atoms with Crippen LogP contribution in [0.5, 0.6) is 5.75 Å². The number of hydrogen-bond acceptors (Lipinski definition) is 2. The summed E-state index contributed by atoms with van der Waals surface area (Å²) >= 11 is 3.46. The number of halogens is 1. The molecule has 0 N–H and O–H groups in total. The highest BCUT2D eigenvalue weighted by molar-refractivity contribution is 9.10. The highest BCUT2D eigenvalue weighted by atomic mass is 79.9. The molecule has 0 aliphatic heterocycles. The largest absolute Gasteiger partial charge is 0.497 e. The smallest absolute Gasteiger partial charge is 0.194 e. The van der Waals surface area contributed by atoms with Crippen LogP contribution in [0.25, 0.3) is 0 Å². The van der Waals surface area contributed by atoms with E-state index in [1.807, 2.05) is 24.3 Å². The van der Waals surface area contributed by atoms with Crippen LogP contribution in [0.2, 0.25) is 0 Å². The number of ketones is 1. The topological polar surface area (TPSA) is 26.3 Å². The Hall–Kier alpha value is -1.61. The molecule has 0 radical (unpaired) electrons. The first kappa shape index (κ1) is 21.7. The van der Waals surface area contributed by atoms with Crippen LogP contribution in [0.15, 0.2) is 46.9 Å². The first-order valence-electron chi connectivity index (χ1n) is 10.1. The Labute approximate surface area is 172 Å². The van der Waals surface area contributed by atoms with Crippen molar-refractivity contribution in [3.8, 4) is 5.75 Å². The second-order valence-corrected chi connectivity index (χ2v) is 7.95. The summed E-state index contributed by atoms with van der Waals surface area (Å²) in [4.78, 5) is 12.8. The zero-order chi connectivity index (χ0) is 19.5. The van der Waals surface area contributed by atoms with E-state index in [-0.39, 0.29) is 5.78 Å². The number of carbonyl (C=O) groups excluding carboxylic acids is 1. The van der Waals surface area contributed by atoms with E-state index in [2.05, 4.69) is 35.0 Å². The molecule has 0 saturated carbocycles. The van der Waals surface area contributed by atoms with Gasteiger partial charge in [0.15, 0.2) is 5.78 Å². The van der Waals surface area contributed by atoms with Crippen LogP contribution in [0, 0.1) is 0 Å². The van der Waals surface area contributed by atoms with Crippen LogP contribution in [0.4, 0.5) is 0 Å². The van der Waals surface area contributed by atoms with Crippen molar-refractivity contribution in [1.29, 1.82) is 0 Å². The van der Waals surface area contributed by atoms with E-state index in [1.165, 1.54) is 56.9 Å². The van der Waals surface area contributed by atoms with Gasteiger partial charge in [0.2, 0.25) is 0 Å². The Balaban J connectivity index is 1.82. The number of aryl methyl sites for hydroxylation is 1. The number of rotatable bonds is 12. The molecule has 2 nitrogen and oxygen atoms in total. The third-order valence-electron chi connectivity index (χ3n) is 4.95. The van der Waals surface area contributed by atoms with Gasteiger partial charge in [-0.25, -0.2) is 0 Å². The Kier molecular flexibility index (Phi) is 9.61. The van der Waals surface area contributed by atoms with Crippen molar-refractivity contribution in [2.24, 2.45) is 0 Å². The molecular weight excluding hydrogens is 400 g/mol. The molecule has 0 amide bonds. The summed E-state index contributed by atoms with van der Waals surface area (Å²) in [5.41, 5.74) is 2.65. The summed E-state index contributed by atoms with van der Waals surface area (Å²) in [5.74, 6) is 0.701. The maximum Gasteiger partial charge on any atom is 0.194 e. The van der Waals surface area contributed by atoms with Gasteiger partial charge in [-0.15, -0.1) is 0 Å². The van der Waals surface area contributed by atoms with Crippen LogP contribution in [0.1, 0.15) is 79.8 Å². The molecule has 146 valence electrons. The minimum atomic E-state index is 0.0133. The second-order valence-electron chi connectivity index (χ2n) is 7.10. The minimum absolute atomic E-state index is 0.0133. The summed E-state index contributed by atoms with van der Waals surface area (Å²) in [6.07, 6.45) is 11.8. The highest BCUT2D eigenvalue weighted by Crippen LogP contribution is 2.25. The van der Waals surface area contributed by atoms with Crippen LogP contribution in [-0.4, -0.2) is 12.9 Å². The van der Waals surface area contributed by atoms with Crippen molar-refractivity contribution in [1.82, 2.24) is 0 Å². The molecule has 0 spiro atoms. The molecule has 0 aliphatic carbocycles. The predicted octanol–water partition coefficient (Wildman–Crippen LogP) is 7.37. The van der Waals surface area contributed by atoms with Gasteiger partial charge < -0.3 is 4.74 Å². The lowest BCUT2D eigenvalue weighted by molar-refractivity contribution is 0.103. The van der Waals surface area contributed by atoms with Crippen molar-refractivity contribution >= 4 is 21.7 Å². The fourth-order valence-corrected chi connectivity index (χ4v) is 3.67. The van der Waals surface area contributed by atoms with Gasteiger partial charge in [-0.3, -0.25) is 4.79 Å². The standard InChI is InChI=1S/C24H31BrO2/c1-3-4-5-6-7-8-9-10-11-19-12-14-20(15-13-19)24(26)22-18-21(27-2)16-17-23(22)25/h12-18H,3-11H2,1-2H3. The minimum Gasteiger partial charge on any atom is -0.497 e. The van der Waals surface area contributed by atoms with Crippen molar-refractivity contribution < 1.29 is 9.53 Å². The van der Waals surface area contributed by atoms with Gasteiger partial charge in [-0.2, -0.15) is 0 Å². The number of carbonyl (C=O) groups is 1. The molecule has 0 heterocycles. The molecule has 0 saturated heterocycles. The quantitative estimate of drug-likeness (QED) is 0.259. The number of methoxy groups -OCH3 is 1. The predicted molar refractivity (Wildman–Crippen MR) is 117 cm³/mol. The third-order valence-corrected chi connectivity index (χ3v) is 5.64. The highest BCUT2D eigenvalue weighted by Gasteiger charge is 2.13. The second kappa shape index (κ2) is 12.0. The van der Waals surface area contributed by atoms with Gasteiger partial charge in [-0.05, 0) is 36.6 Å². The Morgan fingerprint density at radius 1 is 0.889 bits per heavy atom. The van der Waals surface area contributed by atoms with E-state index < -0.39 is 0 Å². The van der Waals surface area contributed by atoms with Crippen molar-refractivity contribution in [2.75, 3.05) is 7.11 Å². The summed E-state index contributed by atoms with van der Waals surface area (Å²) in [6.45, 7) is 2.26. The Morgan fingerprint density at radius 3 is 2.15 bits per heavy atom. The van der Waals surface area contributed by atoms with Crippen LogP contribution in [-0.2, 0) is 6.42 Å². The van der Waals surface area contributed by atoms with E-state index in [0.29, 0.717) is 16.9 Å². The average molecular weight is 431 g/mol. The summed E-state index contributed by atoms with van der Waals surface area (Å²) < 4.78 is 6.02. The van der Waals surface area contributed by atoms with E-state index in [4.69, 9.17) is 4.74 Å². The van der Waals surface area contributed by atoms with Crippen molar-refractivity contribution in [3.63, 3.8) is 0 Å². The monoisotopic (exact) mass is 430 g/mol. The number of hydrogen-bond donors (Lipinski definition) is 0. The van der Waals surface area contributed by atoms with Gasteiger partial charge >= 0.3 is 0 Å². The van der Waals surface area contributed by atoms with Gasteiger partial charge in [0.05, 0.1) is 7.11 Å². The van der Waals surface area contributed by atoms with Crippen LogP contribution in [0.3, 0.4) is 0 Å². The van der Waals surface area contributed by atoms with E-state index >= 15 is 0 Å². The lowest BCUT2D eigenvalue weighted by Gasteiger charge is -2.08. The maximum atomic E-state index is 12.8. The molecule has 0 bridgehead atoms. The molecule has 0 unspecified atom stereocenters. The Bertz CT molecular complexity index is 707. The fourth-order valence-electron chi connectivity index (χ4n) is 3.25. The summed E-state index contributed by atoms with van der Waals surface area (Å²) in [5, 5.41) is 0. The lowest BCUT2D eigenvalue weighted by Crippen LogP contribution is -2.03. The van der Waals surface area contributed by atoms with Gasteiger partial charge in [0, 0.05) is 15.6 Å². The molecule has 0 aliphatic rings. The maximum absolute atomic E-state index is 12.8. The van der Waals surface area contributed by atoms with Crippen molar-refractivity contribution in [3.05, 3.63) is 63.6 Å². The molecule has 27 heavy (non-hydrogen) atoms. The van der Waals surface area contributed by atoms with E-state index in [1.54, 1.807) is 13.2 Å². The molecule has 2 aromatic rings. The molecular formula is C24H31BrO2. The SMILES string of the molecule is CCCCCCCCCCc1ccc(C(=O)c2cc(OC)ccc2Br)cc1. The van der Waals surface area contributed by atoms with E-state index in [9.17, 15) is 4.79 Å². The molecule has 2 rings (SSSR count). The summed E-state index contributed by atoms with van der Waals surface area (Å²) in [7, 11) is 1.61. The van der Waals surface area contributed by atoms with Gasteiger partial charge in [0.1, 0.15) is 5.75 Å². The summed E-state index contributed by atoms with van der Waals surface area (Å²) in [6, 6.07) is 13.5. The average Bonchev–Trinajstić information content (AvgIpc) is 2.70. The van der Waals surface area contributed by atoms with E-state index in [0.717, 1.165) is 10.9 Å². The zero-order valence-electron chi connectivity index (χ0n) is 16.6. The lowest BCUT2D eigenvalue weighted by atomic mass is 9.99. The Morgan fingerprint density at radius 2 is 1.52 bits per heavy atom. The number of ether oxygens (including phenoxy) is 1. The van der Waals surface area contributed by atoms with Gasteiger partial charge in [0.25, 0.3) is 0 Å². The molecule has 0 atom stereocenters. The third kappa shape index (κ3) is 7.14. The molecule has 0 fully saturated rings. The molecule has 0 aromatic heterocycles. The number of unbranched alkanes of at least 4 members (excludes halogenated alkanes) is 7. The fraction of sp³-hybridized carbons (Fsp3) is 0.458. The zero-order valence-corrected chi connectivity index (χ0v) is 18.2. The normalized spacial score (nSPS) is 10.8. The first-order valence-corrected chi connectivity index (χ1v) is 10.9. The first-order chi connectivity index (χ1) is 13.2. The van der Waals surface area contributed by atoms with Crippen LogP contribution < -0.4 is 4.74 Å². The number of benzene rings is 2. The molecule has 3 heteroatoms. The van der Waals surface area contributed by atoms with Crippen LogP contribution >= 0.6 is 15.9 Å². The van der Waals surface area contributed by atoms with Crippen molar-refractivity contribution in [2.45, 2.75) is 64.7 Å². The van der Waals surface area contributed by atoms with Gasteiger partial charge in [-0.1, -0.05) is 92.1 Å².